The lowest BCUT2D eigenvalue weighted by Crippen LogP contribution is -2.45. The number of Topliss-reactive ketones (excluding diaryl/α,β-unsaturated/α-hetero) is 1. The number of alkyl halides is 6. The highest BCUT2D eigenvalue weighted by atomic mass is 19.4. The summed E-state index contributed by atoms with van der Waals surface area (Å²) in [4.78, 5) is 12.5. The normalized spacial score (nSPS) is 25.5. The molecule has 1 heterocycles. The highest BCUT2D eigenvalue weighted by molar-refractivity contribution is 6.16. The maximum absolute atomic E-state index is 13.3. The number of ketones is 1. The predicted octanol–water partition coefficient (Wildman–Crippen LogP) is 4.41. The van der Waals surface area contributed by atoms with Crippen molar-refractivity contribution in [3.63, 3.8) is 0 Å². The summed E-state index contributed by atoms with van der Waals surface area (Å²) in [6.07, 6.45) is -9.05. The summed E-state index contributed by atoms with van der Waals surface area (Å²) in [6.45, 7) is 3.71. The minimum absolute atomic E-state index is 0.134. The number of rotatable bonds is 1. The van der Waals surface area contributed by atoms with Gasteiger partial charge in [-0.25, -0.2) is 0 Å². The topological polar surface area (TPSA) is 41.5 Å². The van der Waals surface area contributed by atoms with Crippen molar-refractivity contribution >= 4 is 11.5 Å². The van der Waals surface area contributed by atoms with Gasteiger partial charge < -0.3 is 5.43 Å². The van der Waals surface area contributed by atoms with Gasteiger partial charge in [0, 0.05) is 12.0 Å². The smallest absolute Gasteiger partial charge is 0.306 e. The Hall–Kier alpha value is -2.06. The molecule has 2 aliphatic rings. The Labute approximate surface area is 145 Å². The highest BCUT2D eigenvalue weighted by Crippen LogP contribution is 2.43. The van der Waals surface area contributed by atoms with Gasteiger partial charge in [-0.15, -0.1) is 0 Å². The van der Waals surface area contributed by atoms with Crippen molar-refractivity contribution in [2.75, 3.05) is 0 Å². The van der Waals surface area contributed by atoms with Gasteiger partial charge in [0.15, 0.2) is 0 Å². The summed E-state index contributed by atoms with van der Waals surface area (Å²) >= 11 is 0. The van der Waals surface area contributed by atoms with E-state index in [1.54, 1.807) is 0 Å². The summed E-state index contributed by atoms with van der Waals surface area (Å²) in [5.41, 5.74) is -1.11. The second-order valence-corrected chi connectivity index (χ2v) is 7.48. The average molecular weight is 378 g/mol. The van der Waals surface area contributed by atoms with Crippen molar-refractivity contribution in [2.45, 2.75) is 45.1 Å². The molecule has 1 fully saturated rings. The predicted molar refractivity (Wildman–Crippen MR) is 81.4 cm³/mol. The van der Waals surface area contributed by atoms with Crippen LogP contribution in [0.1, 0.15) is 43.4 Å². The summed E-state index contributed by atoms with van der Waals surface area (Å²) in [5.74, 6) is -1.30. The molecule has 1 N–H and O–H groups in total. The monoisotopic (exact) mass is 378 g/mol. The van der Waals surface area contributed by atoms with Crippen LogP contribution in [0.25, 0.3) is 0 Å². The molecule has 9 heteroatoms. The minimum Gasteiger partial charge on any atom is -0.306 e. The number of nitrogens with one attached hydrogen (secondary N) is 1. The van der Waals surface area contributed by atoms with Crippen molar-refractivity contribution in [3.8, 4) is 0 Å². The quantitative estimate of drug-likeness (QED) is 0.736. The van der Waals surface area contributed by atoms with Crippen molar-refractivity contribution in [3.05, 3.63) is 34.9 Å². The molecule has 3 nitrogen and oxygen atoms in total. The Morgan fingerprint density at radius 2 is 1.77 bits per heavy atom. The number of carbonyl (C=O) groups excluding carboxylic acids is 1. The Bertz CT molecular complexity index is 778. The molecule has 1 aliphatic heterocycles. The first kappa shape index (κ1) is 18.7. The van der Waals surface area contributed by atoms with Crippen molar-refractivity contribution in [1.82, 2.24) is 5.43 Å². The van der Waals surface area contributed by atoms with Gasteiger partial charge in [0.1, 0.15) is 5.78 Å². The average Bonchev–Trinajstić information content (AvgIpc) is 2.87. The zero-order valence-electron chi connectivity index (χ0n) is 13.9. The molecule has 3 rings (SSSR count). The lowest BCUT2D eigenvalue weighted by atomic mass is 9.68. The van der Waals surface area contributed by atoms with Gasteiger partial charge in [-0.1, -0.05) is 13.8 Å². The largest absolute Gasteiger partial charge is 0.417 e. The molecule has 0 unspecified atom stereocenters. The standard InChI is InChI=1S/C17H16F6N2O/c1-15(2)6-11-13(12(26)7-15)14(25-24-11)9-5-8(16(18,19)20)3-4-10(9)17(21,22)23/h3-5,11,13,24H,6-7H2,1-2H3/t11-,13+/m0/s1. The molecule has 0 saturated heterocycles. The van der Waals surface area contributed by atoms with Crippen molar-refractivity contribution in [1.29, 1.82) is 0 Å². The second-order valence-electron chi connectivity index (χ2n) is 7.48. The third-order valence-corrected chi connectivity index (χ3v) is 4.75. The Morgan fingerprint density at radius 1 is 1.12 bits per heavy atom. The molecule has 26 heavy (non-hydrogen) atoms. The van der Waals surface area contributed by atoms with Crippen LogP contribution in [0.2, 0.25) is 0 Å². The molecule has 0 bridgehead atoms. The number of hydrogen-bond donors (Lipinski definition) is 1. The molecule has 1 aliphatic carbocycles. The number of halogens is 6. The van der Waals surface area contributed by atoms with Crippen LogP contribution in [0, 0.1) is 11.3 Å². The van der Waals surface area contributed by atoms with E-state index in [0.717, 1.165) is 0 Å². The van der Waals surface area contributed by atoms with E-state index in [0.29, 0.717) is 24.6 Å². The van der Waals surface area contributed by atoms with Crippen LogP contribution in [0.5, 0.6) is 0 Å². The minimum atomic E-state index is -4.86. The van der Waals surface area contributed by atoms with E-state index in [1.807, 2.05) is 13.8 Å². The molecular weight excluding hydrogens is 362 g/mol. The van der Waals surface area contributed by atoms with E-state index in [-0.39, 0.29) is 23.3 Å². The van der Waals surface area contributed by atoms with Gasteiger partial charge >= 0.3 is 12.4 Å². The number of hydrogen-bond acceptors (Lipinski definition) is 3. The van der Waals surface area contributed by atoms with Gasteiger partial charge in [-0.05, 0) is 30.0 Å². The van der Waals surface area contributed by atoms with Crippen LogP contribution >= 0.6 is 0 Å². The third kappa shape index (κ3) is 3.31. The van der Waals surface area contributed by atoms with E-state index < -0.39 is 41.0 Å². The molecule has 0 radical (unpaired) electrons. The van der Waals surface area contributed by atoms with Gasteiger partial charge in [0.25, 0.3) is 0 Å². The van der Waals surface area contributed by atoms with Crippen molar-refractivity contribution in [2.24, 2.45) is 16.4 Å². The van der Waals surface area contributed by atoms with Crippen LogP contribution in [0.4, 0.5) is 26.3 Å². The molecule has 1 aromatic carbocycles. The summed E-state index contributed by atoms with van der Waals surface area (Å²) < 4.78 is 79.0. The SMILES string of the molecule is CC1(C)CC(=O)[C@@H]2C(c3cc(C(F)(F)F)ccc3C(F)(F)F)=NN[C@H]2C1. The Morgan fingerprint density at radius 3 is 2.35 bits per heavy atom. The van der Waals surface area contributed by atoms with E-state index >= 15 is 0 Å². The second kappa shape index (κ2) is 5.72. The van der Waals surface area contributed by atoms with Crippen LogP contribution < -0.4 is 5.43 Å². The number of nitrogens with zero attached hydrogens (tertiary/aromatic N) is 1. The van der Waals surface area contributed by atoms with Gasteiger partial charge in [-0.3, -0.25) is 4.79 Å². The summed E-state index contributed by atoms with van der Waals surface area (Å²) in [7, 11) is 0. The van der Waals surface area contributed by atoms with Gasteiger partial charge in [0.2, 0.25) is 0 Å². The first-order valence-corrected chi connectivity index (χ1v) is 7.94. The number of fused-ring (bicyclic) bond motifs is 1. The first-order chi connectivity index (χ1) is 11.8. The zero-order chi connectivity index (χ0) is 19.5. The number of hydrazone groups is 1. The molecule has 1 aromatic rings. The molecule has 142 valence electrons. The molecule has 2 atom stereocenters. The molecule has 0 amide bonds. The molecule has 1 saturated carbocycles. The van der Waals surface area contributed by atoms with Crippen LogP contribution in [0.3, 0.4) is 0 Å². The molecule has 0 spiro atoms. The number of benzene rings is 1. The fraction of sp³-hybridized carbons (Fsp3) is 0.529. The van der Waals surface area contributed by atoms with Gasteiger partial charge in [-0.2, -0.15) is 31.4 Å². The van der Waals surface area contributed by atoms with E-state index in [4.69, 9.17) is 0 Å². The maximum atomic E-state index is 13.3. The van der Waals surface area contributed by atoms with Crippen LogP contribution in [0.15, 0.2) is 23.3 Å². The lowest BCUT2D eigenvalue weighted by molar-refractivity contribution is -0.141. The fourth-order valence-corrected chi connectivity index (χ4v) is 3.68. The Balaban J connectivity index is 2.10. The fourth-order valence-electron chi connectivity index (χ4n) is 3.68. The Kier molecular flexibility index (Phi) is 4.12. The zero-order valence-corrected chi connectivity index (χ0v) is 13.9. The molecular formula is C17H16F6N2O. The number of carbonyl (C=O) groups is 1. The van der Waals surface area contributed by atoms with Crippen LogP contribution in [-0.4, -0.2) is 17.5 Å². The molecule has 0 aromatic heterocycles. The van der Waals surface area contributed by atoms with E-state index in [1.165, 1.54) is 0 Å². The highest BCUT2D eigenvalue weighted by Gasteiger charge is 2.48. The third-order valence-electron chi connectivity index (χ3n) is 4.75. The lowest BCUT2D eigenvalue weighted by Gasteiger charge is -2.36. The van der Waals surface area contributed by atoms with Crippen LogP contribution in [-0.2, 0) is 17.1 Å². The van der Waals surface area contributed by atoms with Crippen molar-refractivity contribution < 1.29 is 31.1 Å². The van der Waals surface area contributed by atoms with E-state index in [9.17, 15) is 31.1 Å². The maximum Gasteiger partial charge on any atom is 0.417 e. The van der Waals surface area contributed by atoms with E-state index in [2.05, 4.69) is 10.5 Å². The summed E-state index contributed by atoms with van der Waals surface area (Å²) in [6, 6.07) is 0.694. The van der Waals surface area contributed by atoms with Gasteiger partial charge in [0.05, 0.1) is 28.8 Å². The summed E-state index contributed by atoms with van der Waals surface area (Å²) in [5, 5.41) is 3.84. The first-order valence-electron chi connectivity index (χ1n) is 7.94.